The van der Waals surface area contributed by atoms with Crippen LogP contribution in [0.25, 0.3) is 12.2 Å². The Morgan fingerprint density at radius 1 is 1.26 bits per heavy atom. The molecule has 31 heavy (non-hydrogen) atoms. The molecule has 2 aromatic rings. The molecule has 0 aliphatic carbocycles. The number of hydrogen-bond acceptors (Lipinski definition) is 7. The van der Waals surface area contributed by atoms with E-state index in [2.05, 4.69) is 0 Å². The maximum atomic E-state index is 13.2. The largest absolute Gasteiger partial charge is 0.496 e. The molecule has 0 unspecified atom stereocenters. The lowest BCUT2D eigenvalue weighted by molar-refractivity contribution is -0.136. The monoisotopic (exact) mass is 446 g/mol. The summed E-state index contributed by atoms with van der Waals surface area (Å²) in [6.07, 6.45) is 2.98. The highest BCUT2D eigenvalue weighted by molar-refractivity contribution is 7.07. The molecule has 1 fully saturated rings. The quantitative estimate of drug-likeness (QED) is 0.592. The highest BCUT2D eigenvalue weighted by Gasteiger charge is 2.19. The molecule has 0 radical (unpaired) electrons. The van der Waals surface area contributed by atoms with Crippen LogP contribution in [0, 0.1) is 6.92 Å². The van der Waals surface area contributed by atoms with Crippen molar-refractivity contribution in [2.75, 3.05) is 40.0 Å². The summed E-state index contributed by atoms with van der Waals surface area (Å²) in [7, 11) is 1.57. The first-order valence-electron chi connectivity index (χ1n) is 10.0. The minimum atomic E-state index is -0.559. The number of benzene rings is 1. The first-order valence-corrected chi connectivity index (χ1v) is 10.8. The number of nitrogens with zero attached hydrogens (tertiary/aromatic N) is 2. The fourth-order valence-electron chi connectivity index (χ4n) is 3.23. The molecule has 9 heteroatoms. The van der Waals surface area contributed by atoms with Gasteiger partial charge in [0.15, 0.2) is 0 Å². The summed E-state index contributed by atoms with van der Waals surface area (Å²) >= 11 is 1.14. The van der Waals surface area contributed by atoms with Crippen molar-refractivity contribution in [3.63, 3.8) is 0 Å². The minimum absolute atomic E-state index is 0.153. The molecule has 1 aliphatic heterocycles. The number of thiazole rings is 1. The lowest BCUT2D eigenvalue weighted by Crippen LogP contribution is -2.45. The Morgan fingerprint density at radius 3 is 2.68 bits per heavy atom. The summed E-state index contributed by atoms with van der Waals surface area (Å²) in [4.78, 5) is 39.6. The molecule has 0 N–H and O–H groups in total. The average Bonchev–Trinajstić information content (AvgIpc) is 3.03. The smallest absolute Gasteiger partial charge is 0.333 e. The molecule has 2 heterocycles. The number of ether oxygens (including phenoxy) is 3. The highest BCUT2D eigenvalue weighted by atomic mass is 32.1. The van der Waals surface area contributed by atoms with Crippen LogP contribution in [0.5, 0.6) is 5.75 Å². The Balaban J connectivity index is 2.08. The third kappa shape index (κ3) is 5.62. The number of amides is 1. The van der Waals surface area contributed by atoms with Gasteiger partial charge < -0.3 is 19.1 Å². The SMILES string of the molecule is CCOC(=O)/C=c1/s/c(=C/c2cc(C)ccc2OC)c(=O)n1CC(=O)N1CCOCC1. The standard InChI is InChI=1S/C22H26N2O6S/c1-4-30-21(26)13-20-24(14-19(25)23-7-9-29-10-8-23)22(27)18(31-20)12-16-11-15(2)5-6-17(16)28-3/h5-6,11-13H,4,7-10,14H2,1-3H3/b18-12+,20-13+. The molecule has 1 aromatic heterocycles. The van der Waals surface area contributed by atoms with E-state index in [0.29, 0.717) is 41.2 Å². The van der Waals surface area contributed by atoms with Gasteiger partial charge in [0.05, 0.1) is 37.5 Å². The maximum Gasteiger partial charge on any atom is 0.333 e. The molecule has 1 aromatic carbocycles. The van der Waals surface area contributed by atoms with E-state index in [1.165, 1.54) is 10.6 Å². The molecular formula is C22H26N2O6S. The van der Waals surface area contributed by atoms with Gasteiger partial charge in [0, 0.05) is 18.7 Å². The van der Waals surface area contributed by atoms with Crippen LogP contribution in [0.3, 0.4) is 0 Å². The normalized spacial score (nSPS) is 15.3. The van der Waals surface area contributed by atoms with E-state index in [4.69, 9.17) is 14.2 Å². The van der Waals surface area contributed by atoms with Crippen LogP contribution in [0.2, 0.25) is 0 Å². The number of esters is 1. The Morgan fingerprint density at radius 2 is 2.00 bits per heavy atom. The first-order chi connectivity index (χ1) is 14.9. The number of rotatable bonds is 6. The number of carbonyl (C=O) groups is 2. The highest BCUT2D eigenvalue weighted by Crippen LogP contribution is 2.20. The van der Waals surface area contributed by atoms with Crippen LogP contribution in [0.4, 0.5) is 0 Å². The van der Waals surface area contributed by atoms with Gasteiger partial charge in [-0.3, -0.25) is 14.2 Å². The van der Waals surface area contributed by atoms with E-state index in [9.17, 15) is 14.4 Å². The number of carbonyl (C=O) groups excluding carboxylic acids is 2. The van der Waals surface area contributed by atoms with Crippen LogP contribution in [-0.2, 0) is 25.6 Å². The second kappa shape index (κ2) is 10.4. The Bertz CT molecular complexity index is 1130. The molecule has 1 saturated heterocycles. The van der Waals surface area contributed by atoms with Gasteiger partial charge >= 0.3 is 5.97 Å². The summed E-state index contributed by atoms with van der Waals surface area (Å²) < 4.78 is 17.8. The lowest BCUT2D eigenvalue weighted by atomic mass is 10.1. The van der Waals surface area contributed by atoms with E-state index in [1.807, 2.05) is 25.1 Å². The van der Waals surface area contributed by atoms with Crippen LogP contribution >= 0.6 is 11.3 Å². The van der Waals surface area contributed by atoms with Crippen molar-refractivity contribution in [3.05, 3.63) is 48.9 Å². The molecule has 1 aliphatic rings. The van der Waals surface area contributed by atoms with Crippen molar-refractivity contribution in [2.24, 2.45) is 0 Å². The number of hydrogen-bond donors (Lipinski definition) is 0. The van der Waals surface area contributed by atoms with Gasteiger partial charge in [0.2, 0.25) is 5.91 Å². The fraction of sp³-hybridized carbons (Fsp3) is 0.409. The zero-order valence-corrected chi connectivity index (χ0v) is 18.7. The van der Waals surface area contributed by atoms with E-state index in [-0.39, 0.29) is 24.6 Å². The van der Waals surface area contributed by atoms with E-state index in [0.717, 1.165) is 22.5 Å². The van der Waals surface area contributed by atoms with Crippen molar-refractivity contribution in [1.29, 1.82) is 0 Å². The van der Waals surface area contributed by atoms with Crippen LogP contribution in [0.15, 0.2) is 23.0 Å². The van der Waals surface area contributed by atoms with Gasteiger partial charge in [-0.2, -0.15) is 0 Å². The fourth-order valence-corrected chi connectivity index (χ4v) is 4.25. The van der Waals surface area contributed by atoms with Gasteiger partial charge in [0.25, 0.3) is 5.56 Å². The Labute approximate surface area is 184 Å². The Kier molecular flexibility index (Phi) is 7.64. The summed E-state index contributed by atoms with van der Waals surface area (Å²) in [5.74, 6) is -0.123. The number of morpholine rings is 1. The number of methoxy groups -OCH3 is 1. The lowest BCUT2D eigenvalue weighted by Gasteiger charge is -2.26. The number of aryl methyl sites for hydroxylation is 1. The van der Waals surface area contributed by atoms with Crippen molar-refractivity contribution in [3.8, 4) is 5.75 Å². The second-order valence-electron chi connectivity index (χ2n) is 6.98. The van der Waals surface area contributed by atoms with Crippen molar-refractivity contribution in [2.45, 2.75) is 20.4 Å². The predicted molar refractivity (Wildman–Crippen MR) is 118 cm³/mol. The van der Waals surface area contributed by atoms with Crippen LogP contribution in [-0.4, -0.2) is 61.4 Å². The third-order valence-electron chi connectivity index (χ3n) is 4.79. The molecule has 1 amide bonds. The maximum absolute atomic E-state index is 13.2. The Hall–Kier alpha value is -2.91. The van der Waals surface area contributed by atoms with Gasteiger partial charge in [-0.05, 0) is 32.1 Å². The van der Waals surface area contributed by atoms with Gasteiger partial charge in [0.1, 0.15) is 17.0 Å². The summed E-state index contributed by atoms with van der Waals surface area (Å²) in [5, 5.41) is 0. The predicted octanol–water partition coefficient (Wildman–Crippen LogP) is 0.258. The molecular weight excluding hydrogens is 420 g/mol. The third-order valence-corrected chi connectivity index (χ3v) is 5.85. The molecule has 8 nitrogen and oxygen atoms in total. The van der Waals surface area contributed by atoms with E-state index < -0.39 is 5.97 Å². The van der Waals surface area contributed by atoms with Crippen LogP contribution < -0.4 is 19.5 Å². The molecule has 0 atom stereocenters. The van der Waals surface area contributed by atoms with Gasteiger partial charge in [-0.25, -0.2) is 4.79 Å². The molecule has 3 rings (SSSR count). The van der Waals surface area contributed by atoms with Gasteiger partial charge in [-0.15, -0.1) is 11.3 Å². The van der Waals surface area contributed by atoms with Crippen molar-refractivity contribution >= 4 is 35.4 Å². The van der Waals surface area contributed by atoms with E-state index in [1.54, 1.807) is 25.0 Å². The number of aromatic nitrogens is 1. The summed E-state index contributed by atoms with van der Waals surface area (Å²) in [5.41, 5.74) is 1.42. The molecule has 0 saturated carbocycles. The van der Waals surface area contributed by atoms with Gasteiger partial charge in [-0.1, -0.05) is 11.6 Å². The second-order valence-corrected chi connectivity index (χ2v) is 8.04. The molecule has 166 valence electrons. The zero-order chi connectivity index (χ0) is 22.4. The van der Waals surface area contributed by atoms with Crippen molar-refractivity contribution in [1.82, 2.24) is 9.47 Å². The van der Waals surface area contributed by atoms with Crippen molar-refractivity contribution < 1.29 is 23.8 Å². The van der Waals surface area contributed by atoms with Crippen LogP contribution in [0.1, 0.15) is 18.1 Å². The topological polar surface area (TPSA) is 87.1 Å². The zero-order valence-electron chi connectivity index (χ0n) is 17.9. The minimum Gasteiger partial charge on any atom is -0.496 e. The molecule has 0 spiro atoms. The first kappa shape index (κ1) is 22.8. The van der Waals surface area contributed by atoms with E-state index >= 15 is 0 Å². The average molecular weight is 447 g/mol. The molecule has 0 bridgehead atoms. The summed E-state index contributed by atoms with van der Waals surface area (Å²) in [6.45, 7) is 5.62. The summed E-state index contributed by atoms with van der Waals surface area (Å²) in [6, 6.07) is 5.67.